The second kappa shape index (κ2) is 6.64. The van der Waals surface area contributed by atoms with E-state index in [1.807, 2.05) is 0 Å². The van der Waals surface area contributed by atoms with Crippen molar-refractivity contribution in [1.29, 1.82) is 0 Å². The Hall–Kier alpha value is -1.99. The molecule has 2 atom stereocenters. The molecule has 0 unspecified atom stereocenters. The van der Waals surface area contributed by atoms with Crippen molar-refractivity contribution in [2.75, 3.05) is 25.6 Å². The minimum absolute atomic E-state index is 0.0672. The summed E-state index contributed by atoms with van der Waals surface area (Å²) in [7, 11) is 1.23. The Kier molecular flexibility index (Phi) is 4.87. The average Bonchev–Trinajstić information content (AvgIpc) is 2.49. The van der Waals surface area contributed by atoms with Crippen LogP contribution in [0.5, 0.6) is 0 Å². The van der Waals surface area contributed by atoms with Crippen LogP contribution in [-0.4, -0.2) is 44.3 Å². The quantitative estimate of drug-likeness (QED) is 0.811. The molecule has 1 aromatic rings. The summed E-state index contributed by atoms with van der Waals surface area (Å²) in [6.45, 7) is 2.84. The monoisotopic (exact) mass is 296 g/mol. The molecule has 2 N–H and O–H groups in total. The summed E-state index contributed by atoms with van der Waals surface area (Å²) >= 11 is 0. The highest BCUT2D eigenvalue weighted by molar-refractivity contribution is 5.97. The van der Waals surface area contributed by atoms with Crippen molar-refractivity contribution in [1.82, 2.24) is 5.32 Å². The van der Waals surface area contributed by atoms with Gasteiger partial charge in [0.1, 0.15) is 11.9 Å². The molecular formula is C14H17FN2O4. The summed E-state index contributed by atoms with van der Waals surface area (Å²) in [6.07, 6.45) is -0.314. The summed E-state index contributed by atoms with van der Waals surface area (Å²) in [5.74, 6) is -1.64. The van der Waals surface area contributed by atoms with E-state index in [0.717, 1.165) is 6.07 Å². The number of benzene rings is 1. The van der Waals surface area contributed by atoms with E-state index in [9.17, 15) is 14.0 Å². The van der Waals surface area contributed by atoms with Crippen molar-refractivity contribution >= 4 is 17.6 Å². The normalized spacial score (nSPS) is 21.7. The number of rotatable bonds is 3. The molecule has 1 aliphatic heterocycles. The predicted molar refractivity (Wildman–Crippen MR) is 73.6 cm³/mol. The van der Waals surface area contributed by atoms with Gasteiger partial charge in [0.05, 0.1) is 31.1 Å². The maximum atomic E-state index is 13.7. The van der Waals surface area contributed by atoms with Crippen LogP contribution in [0.25, 0.3) is 0 Å². The summed E-state index contributed by atoms with van der Waals surface area (Å²) < 4.78 is 23.7. The number of nitrogens with one attached hydrogen (secondary N) is 2. The van der Waals surface area contributed by atoms with Gasteiger partial charge in [0.25, 0.3) is 0 Å². The van der Waals surface area contributed by atoms with Crippen LogP contribution in [0.2, 0.25) is 0 Å². The molecule has 0 aromatic heterocycles. The van der Waals surface area contributed by atoms with Crippen molar-refractivity contribution in [3.8, 4) is 0 Å². The number of anilines is 1. The van der Waals surface area contributed by atoms with Gasteiger partial charge >= 0.3 is 5.97 Å². The fourth-order valence-corrected chi connectivity index (χ4v) is 2.10. The van der Waals surface area contributed by atoms with Gasteiger partial charge in [0.2, 0.25) is 5.91 Å². The molecule has 1 aliphatic rings. The van der Waals surface area contributed by atoms with Gasteiger partial charge in [-0.1, -0.05) is 0 Å². The number of esters is 1. The fourth-order valence-electron chi connectivity index (χ4n) is 2.10. The molecule has 1 aromatic carbocycles. The minimum atomic E-state index is -0.625. The standard InChI is InChI=1S/C14H17FN2O4/c1-8-12(16-5-6-21-8)13(18)17-11-7-9(14(19)20-2)3-4-10(11)15/h3-4,7-8,12,16H,5-6H2,1-2H3,(H,17,18)/t8-,12+/m1/s1. The average molecular weight is 296 g/mol. The molecular weight excluding hydrogens is 279 g/mol. The van der Waals surface area contributed by atoms with Gasteiger partial charge < -0.3 is 20.1 Å². The first-order valence-corrected chi connectivity index (χ1v) is 6.56. The maximum absolute atomic E-state index is 13.7. The van der Waals surface area contributed by atoms with Crippen LogP contribution < -0.4 is 10.6 Å². The molecule has 0 spiro atoms. The van der Waals surface area contributed by atoms with Crippen LogP contribution >= 0.6 is 0 Å². The molecule has 1 heterocycles. The number of morpholine rings is 1. The van der Waals surface area contributed by atoms with Crippen LogP contribution in [0.15, 0.2) is 18.2 Å². The highest BCUT2D eigenvalue weighted by Gasteiger charge is 2.28. The van der Waals surface area contributed by atoms with E-state index in [4.69, 9.17) is 4.74 Å². The van der Waals surface area contributed by atoms with Crippen molar-refractivity contribution in [2.45, 2.75) is 19.1 Å². The SMILES string of the molecule is COC(=O)c1ccc(F)c(NC(=O)[C@H]2NCCO[C@@H]2C)c1. The van der Waals surface area contributed by atoms with Crippen LogP contribution in [0.4, 0.5) is 10.1 Å². The number of methoxy groups -OCH3 is 1. The van der Waals surface area contributed by atoms with Gasteiger partial charge in [-0.2, -0.15) is 0 Å². The number of carbonyl (C=O) groups is 2. The zero-order valence-electron chi connectivity index (χ0n) is 11.8. The second-order valence-electron chi connectivity index (χ2n) is 4.68. The smallest absolute Gasteiger partial charge is 0.337 e. The van der Waals surface area contributed by atoms with Gasteiger partial charge in [0, 0.05) is 6.54 Å². The lowest BCUT2D eigenvalue weighted by Crippen LogP contribution is -2.53. The Balaban J connectivity index is 2.14. The summed E-state index contributed by atoms with van der Waals surface area (Å²) in [6, 6.07) is 3.07. The Bertz CT molecular complexity index is 550. The van der Waals surface area contributed by atoms with Gasteiger partial charge in [-0.05, 0) is 25.1 Å². The Labute approximate surface area is 121 Å². The highest BCUT2D eigenvalue weighted by atomic mass is 19.1. The van der Waals surface area contributed by atoms with E-state index in [1.54, 1.807) is 6.92 Å². The zero-order valence-corrected chi connectivity index (χ0v) is 11.8. The van der Waals surface area contributed by atoms with E-state index < -0.39 is 23.7 Å². The third-order valence-corrected chi connectivity index (χ3v) is 3.24. The Morgan fingerprint density at radius 3 is 2.90 bits per heavy atom. The zero-order chi connectivity index (χ0) is 15.4. The van der Waals surface area contributed by atoms with E-state index in [1.165, 1.54) is 19.2 Å². The Morgan fingerprint density at radius 1 is 1.48 bits per heavy atom. The molecule has 6 nitrogen and oxygen atoms in total. The molecule has 0 radical (unpaired) electrons. The van der Waals surface area contributed by atoms with Crippen molar-refractivity contribution in [2.24, 2.45) is 0 Å². The number of hydrogen-bond acceptors (Lipinski definition) is 5. The van der Waals surface area contributed by atoms with E-state index in [0.29, 0.717) is 13.2 Å². The van der Waals surface area contributed by atoms with Crippen LogP contribution in [0.1, 0.15) is 17.3 Å². The first kappa shape index (κ1) is 15.4. The summed E-state index contributed by atoms with van der Waals surface area (Å²) in [5, 5.41) is 5.47. The number of carbonyl (C=O) groups excluding carboxylic acids is 2. The lowest BCUT2D eigenvalue weighted by Gasteiger charge is -2.29. The summed E-state index contributed by atoms with van der Waals surface area (Å²) in [5.41, 5.74) is 0.0950. The molecule has 7 heteroatoms. The largest absolute Gasteiger partial charge is 0.465 e. The minimum Gasteiger partial charge on any atom is -0.465 e. The van der Waals surface area contributed by atoms with Gasteiger partial charge in [0.15, 0.2) is 0 Å². The molecule has 21 heavy (non-hydrogen) atoms. The van der Waals surface area contributed by atoms with Crippen molar-refractivity contribution < 1.29 is 23.5 Å². The van der Waals surface area contributed by atoms with Crippen LogP contribution in [-0.2, 0) is 14.3 Å². The molecule has 1 fully saturated rings. The molecule has 0 aliphatic carbocycles. The molecule has 1 amide bonds. The Morgan fingerprint density at radius 2 is 2.24 bits per heavy atom. The first-order valence-electron chi connectivity index (χ1n) is 6.56. The number of halogens is 1. The van der Waals surface area contributed by atoms with E-state index >= 15 is 0 Å². The summed E-state index contributed by atoms with van der Waals surface area (Å²) in [4.78, 5) is 23.6. The van der Waals surface area contributed by atoms with Gasteiger partial charge in [-0.3, -0.25) is 4.79 Å². The fraction of sp³-hybridized carbons (Fsp3) is 0.429. The highest BCUT2D eigenvalue weighted by Crippen LogP contribution is 2.18. The van der Waals surface area contributed by atoms with Crippen molar-refractivity contribution in [3.63, 3.8) is 0 Å². The molecule has 2 rings (SSSR count). The number of ether oxygens (including phenoxy) is 2. The lowest BCUT2D eigenvalue weighted by atomic mass is 10.1. The van der Waals surface area contributed by atoms with E-state index in [-0.39, 0.29) is 17.4 Å². The predicted octanol–water partition coefficient (Wildman–Crippen LogP) is 0.928. The van der Waals surface area contributed by atoms with Gasteiger partial charge in [-0.25, -0.2) is 9.18 Å². The third kappa shape index (κ3) is 3.56. The topological polar surface area (TPSA) is 76.7 Å². The first-order chi connectivity index (χ1) is 10.0. The molecule has 1 saturated heterocycles. The molecule has 114 valence electrons. The third-order valence-electron chi connectivity index (χ3n) is 3.24. The number of hydrogen-bond donors (Lipinski definition) is 2. The molecule has 0 bridgehead atoms. The molecule has 0 saturated carbocycles. The lowest BCUT2D eigenvalue weighted by molar-refractivity contribution is -0.123. The van der Waals surface area contributed by atoms with Crippen LogP contribution in [0, 0.1) is 5.82 Å². The number of amides is 1. The van der Waals surface area contributed by atoms with E-state index in [2.05, 4.69) is 15.4 Å². The van der Waals surface area contributed by atoms with Crippen LogP contribution in [0.3, 0.4) is 0 Å². The van der Waals surface area contributed by atoms with Gasteiger partial charge in [-0.15, -0.1) is 0 Å². The maximum Gasteiger partial charge on any atom is 0.337 e. The van der Waals surface area contributed by atoms with Crippen molar-refractivity contribution in [3.05, 3.63) is 29.6 Å². The second-order valence-corrected chi connectivity index (χ2v) is 4.68.